The molecule has 1 aromatic carbocycles. The van der Waals surface area contributed by atoms with Crippen molar-refractivity contribution in [2.45, 2.75) is 63.3 Å². The van der Waals surface area contributed by atoms with E-state index in [-0.39, 0.29) is 24.2 Å². The van der Waals surface area contributed by atoms with Crippen molar-refractivity contribution in [1.29, 1.82) is 0 Å². The summed E-state index contributed by atoms with van der Waals surface area (Å²) in [6, 6.07) is 9.97. The molecule has 1 aromatic rings. The topological polar surface area (TPSA) is 121 Å². The van der Waals surface area contributed by atoms with Crippen LogP contribution in [0.2, 0.25) is 0 Å². The summed E-state index contributed by atoms with van der Waals surface area (Å²) in [5.41, 5.74) is 1.17. The van der Waals surface area contributed by atoms with Crippen LogP contribution in [0.15, 0.2) is 54.6 Å². The second-order valence-electron chi connectivity index (χ2n) is 8.40. The van der Waals surface area contributed by atoms with Crippen molar-refractivity contribution in [3.63, 3.8) is 0 Å². The zero-order valence-corrected chi connectivity index (χ0v) is 18.5. The first-order valence-corrected chi connectivity index (χ1v) is 11.4. The van der Waals surface area contributed by atoms with Gasteiger partial charge in [-0.1, -0.05) is 54.6 Å². The largest absolute Gasteiger partial charge is 0.393 e. The van der Waals surface area contributed by atoms with Crippen LogP contribution in [0.3, 0.4) is 0 Å². The first-order valence-electron chi connectivity index (χ1n) is 11.4. The summed E-state index contributed by atoms with van der Waals surface area (Å²) in [5.74, 6) is -0.640. The summed E-state index contributed by atoms with van der Waals surface area (Å²) in [6.07, 6.45) is 9.41. The minimum atomic E-state index is -0.637. The fourth-order valence-electron chi connectivity index (χ4n) is 4.12. The van der Waals surface area contributed by atoms with Gasteiger partial charge >= 0.3 is 0 Å². The summed E-state index contributed by atoms with van der Waals surface area (Å²) in [4.78, 5) is 12.7. The monoisotopic (exact) mass is 447 g/mol. The van der Waals surface area contributed by atoms with Crippen molar-refractivity contribution < 1.29 is 30.3 Å². The lowest BCUT2D eigenvalue weighted by molar-refractivity contribution is -0.139. The van der Waals surface area contributed by atoms with Gasteiger partial charge in [0.1, 0.15) is 13.5 Å². The maximum absolute atomic E-state index is 11.7. The van der Waals surface area contributed by atoms with Gasteiger partial charge in [-0.3, -0.25) is 9.69 Å². The number of hydrogen-bond acceptors (Lipinski definition) is 6. The highest BCUT2D eigenvalue weighted by Crippen LogP contribution is 2.36. The van der Waals surface area contributed by atoms with Crippen molar-refractivity contribution in [3.8, 4) is 0 Å². The molecule has 0 saturated heterocycles. The van der Waals surface area contributed by atoms with Gasteiger partial charge in [0.2, 0.25) is 5.91 Å². The summed E-state index contributed by atoms with van der Waals surface area (Å²) in [7, 11) is 0. The number of amides is 1. The van der Waals surface area contributed by atoms with Gasteiger partial charge in [0, 0.05) is 18.8 Å². The number of aliphatic hydroxyl groups excluding tert-OH is 5. The number of aliphatic hydroxyl groups is 5. The fourth-order valence-corrected chi connectivity index (χ4v) is 4.12. The van der Waals surface area contributed by atoms with E-state index in [2.05, 4.69) is 0 Å². The van der Waals surface area contributed by atoms with Gasteiger partial charge in [0.15, 0.2) is 0 Å². The lowest BCUT2D eigenvalue weighted by Crippen LogP contribution is -2.32. The molecule has 1 aliphatic rings. The Bertz CT molecular complexity index is 718. The first kappa shape index (κ1) is 26.2. The Morgan fingerprint density at radius 2 is 1.81 bits per heavy atom. The Labute approximate surface area is 190 Å². The standard InChI is InChI=1S/C25H37NO6/c27-17-26(18-28)25(32)11-7-2-1-6-10-21-22(24(31)16-23(21)30)15-14-20(29)13-12-19-8-4-3-5-9-19/h1,3-6,8-9,14-15,20-24,27-31H,2,7,10-13,16-18H2/b6-1-,15-14+/t20-,21+,22+,23-,24+/m0/s1. The molecule has 1 saturated carbocycles. The third kappa shape index (κ3) is 8.48. The molecule has 2 rings (SSSR count). The van der Waals surface area contributed by atoms with E-state index < -0.39 is 31.8 Å². The van der Waals surface area contributed by atoms with Crippen molar-refractivity contribution >= 4 is 5.91 Å². The molecule has 0 aromatic heterocycles. The van der Waals surface area contributed by atoms with Crippen molar-refractivity contribution in [1.82, 2.24) is 4.90 Å². The van der Waals surface area contributed by atoms with Crippen molar-refractivity contribution in [3.05, 3.63) is 60.2 Å². The molecule has 0 radical (unpaired) electrons. The number of nitrogens with zero attached hydrogens (tertiary/aromatic N) is 1. The number of rotatable bonds is 13. The lowest BCUT2D eigenvalue weighted by Gasteiger charge is -2.19. The maximum atomic E-state index is 11.7. The summed E-state index contributed by atoms with van der Waals surface area (Å²) in [5, 5.41) is 48.9. The zero-order chi connectivity index (χ0) is 23.3. The molecule has 178 valence electrons. The zero-order valence-electron chi connectivity index (χ0n) is 18.5. The van der Waals surface area contributed by atoms with E-state index in [0.29, 0.717) is 32.1 Å². The number of hydrogen-bond donors (Lipinski definition) is 5. The minimum absolute atomic E-state index is 0.125. The molecular formula is C25H37NO6. The van der Waals surface area contributed by atoms with Crippen LogP contribution >= 0.6 is 0 Å². The van der Waals surface area contributed by atoms with Gasteiger partial charge in [-0.2, -0.15) is 0 Å². The van der Waals surface area contributed by atoms with Crippen LogP contribution in [0.25, 0.3) is 0 Å². The van der Waals surface area contributed by atoms with Crippen LogP contribution in [0.4, 0.5) is 0 Å². The molecule has 5 atom stereocenters. The molecular weight excluding hydrogens is 410 g/mol. The molecule has 32 heavy (non-hydrogen) atoms. The smallest absolute Gasteiger partial charge is 0.226 e. The molecule has 1 fully saturated rings. The van der Waals surface area contributed by atoms with Crippen molar-refractivity contribution in [2.24, 2.45) is 11.8 Å². The molecule has 0 heterocycles. The molecule has 0 spiro atoms. The molecule has 7 nitrogen and oxygen atoms in total. The molecule has 5 N–H and O–H groups in total. The highest BCUT2D eigenvalue weighted by Gasteiger charge is 2.39. The molecule has 0 aliphatic heterocycles. The van der Waals surface area contributed by atoms with Gasteiger partial charge in [-0.25, -0.2) is 0 Å². The Balaban J connectivity index is 1.77. The third-order valence-corrected chi connectivity index (χ3v) is 6.07. The molecule has 1 amide bonds. The highest BCUT2D eigenvalue weighted by atomic mass is 16.3. The number of unbranched alkanes of at least 4 members (excludes halogenated alkanes) is 1. The van der Waals surface area contributed by atoms with Gasteiger partial charge in [0.05, 0.1) is 18.3 Å². The van der Waals surface area contributed by atoms with Crippen LogP contribution in [0.5, 0.6) is 0 Å². The minimum Gasteiger partial charge on any atom is -0.393 e. The molecule has 0 bridgehead atoms. The maximum Gasteiger partial charge on any atom is 0.226 e. The average Bonchev–Trinajstić information content (AvgIpc) is 3.06. The quantitative estimate of drug-likeness (QED) is 0.178. The number of aryl methyl sites for hydroxylation is 1. The van der Waals surface area contributed by atoms with E-state index >= 15 is 0 Å². The Hall–Kier alpha value is -2.03. The van der Waals surface area contributed by atoms with Gasteiger partial charge in [-0.05, 0) is 43.6 Å². The first-order chi connectivity index (χ1) is 15.5. The summed E-state index contributed by atoms with van der Waals surface area (Å²) in [6.45, 7) is -0.994. The number of carbonyl (C=O) groups is 1. The van der Waals surface area contributed by atoms with E-state index in [9.17, 15) is 20.1 Å². The van der Waals surface area contributed by atoms with E-state index in [0.717, 1.165) is 11.3 Å². The second kappa shape index (κ2) is 14.2. The summed E-state index contributed by atoms with van der Waals surface area (Å²) < 4.78 is 0. The van der Waals surface area contributed by atoms with Crippen LogP contribution in [-0.4, -0.2) is 68.1 Å². The van der Waals surface area contributed by atoms with E-state index in [1.807, 2.05) is 48.6 Å². The molecule has 0 unspecified atom stereocenters. The van der Waals surface area contributed by atoms with Gasteiger partial charge in [0.25, 0.3) is 0 Å². The van der Waals surface area contributed by atoms with Gasteiger partial charge in [-0.15, -0.1) is 0 Å². The second-order valence-corrected chi connectivity index (χ2v) is 8.40. The average molecular weight is 448 g/mol. The predicted octanol–water partition coefficient (Wildman–Crippen LogP) is 1.74. The predicted molar refractivity (Wildman–Crippen MR) is 122 cm³/mol. The van der Waals surface area contributed by atoms with Crippen LogP contribution in [0, 0.1) is 11.8 Å². The SMILES string of the molecule is O=C(CCC/C=C\C[C@@H]1[C@@H](/C=C/[C@@H](O)CCc2ccccc2)[C@H](O)C[C@@H]1O)N(CO)CO. The Morgan fingerprint density at radius 3 is 2.50 bits per heavy atom. The van der Waals surface area contributed by atoms with Crippen LogP contribution in [0.1, 0.15) is 44.1 Å². The van der Waals surface area contributed by atoms with Crippen LogP contribution < -0.4 is 0 Å². The normalized spacial score (nSPS) is 24.4. The Morgan fingerprint density at radius 1 is 1.09 bits per heavy atom. The van der Waals surface area contributed by atoms with E-state index in [4.69, 9.17) is 10.2 Å². The van der Waals surface area contributed by atoms with E-state index in [1.54, 1.807) is 6.08 Å². The number of benzene rings is 1. The molecule has 7 heteroatoms. The molecule has 1 aliphatic carbocycles. The summed E-state index contributed by atoms with van der Waals surface area (Å²) >= 11 is 0. The van der Waals surface area contributed by atoms with Gasteiger partial charge < -0.3 is 25.5 Å². The number of allylic oxidation sites excluding steroid dienone is 2. The Kier molecular flexibility index (Phi) is 11.6. The van der Waals surface area contributed by atoms with Crippen LogP contribution in [-0.2, 0) is 11.2 Å². The highest BCUT2D eigenvalue weighted by molar-refractivity contribution is 5.75. The number of carbonyl (C=O) groups excluding carboxylic acids is 1. The lowest BCUT2D eigenvalue weighted by atomic mass is 9.89. The van der Waals surface area contributed by atoms with E-state index in [1.165, 1.54) is 5.56 Å². The fraction of sp³-hybridized carbons (Fsp3) is 0.560. The van der Waals surface area contributed by atoms with Crippen molar-refractivity contribution in [2.75, 3.05) is 13.5 Å². The third-order valence-electron chi connectivity index (χ3n) is 6.07.